The molecular weight excluding hydrogens is 236 g/mol. The Morgan fingerprint density at radius 1 is 1.44 bits per heavy atom. The number of pyridine rings is 1. The van der Waals surface area contributed by atoms with Crippen LogP contribution in [-0.4, -0.2) is 37.9 Å². The van der Waals surface area contributed by atoms with Crippen LogP contribution in [0.15, 0.2) is 24.7 Å². The summed E-state index contributed by atoms with van der Waals surface area (Å²) in [5.41, 5.74) is 1.20. The van der Waals surface area contributed by atoms with E-state index in [1.807, 2.05) is 0 Å². The fourth-order valence-corrected chi connectivity index (χ4v) is 1.35. The van der Waals surface area contributed by atoms with E-state index < -0.39 is 12.1 Å². The van der Waals surface area contributed by atoms with E-state index in [1.54, 1.807) is 19.1 Å². The van der Waals surface area contributed by atoms with Gasteiger partial charge in [0.15, 0.2) is 0 Å². The summed E-state index contributed by atoms with van der Waals surface area (Å²) in [6.45, 7) is 1.63. The van der Waals surface area contributed by atoms with Crippen molar-refractivity contribution >= 4 is 5.97 Å². The smallest absolute Gasteiger partial charge is 0.377 e. The molecule has 0 aliphatic carbocycles. The zero-order valence-electron chi connectivity index (χ0n) is 9.94. The van der Waals surface area contributed by atoms with Crippen LogP contribution in [0, 0.1) is 0 Å². The third kappa shape index (κ3) is 2.35. The number of carbonyl (C=O) groups excluding carboxylic acids is 1. The van der Waals surface area contributed by atoms with Crippen LogP contribution in [-0.2, 0) is 4.74 Å². The van der Waals surface area contributed by atoms with Crippen molar-refractivity contribution in [1.82, 2.24) is 19.7 Å². The number of esters is 1. The number of rotatable bonds is 3. The van der Waals surface area contributed by atoms with Gasteiger partial charge in [-0.15, -0.1) is 5.10 Å². The zero-order chi connectivity index (χ0) is 13.1. The van der Waals surface area contributed by atoms with Crippen LogP contribution in [0.5, 0.6) is 0 Å². The van der Waals surface area contributed by atoms with Crippen molar-refractivity contribution in [1.29, 1.82) is 0 Å². The lowest BCUT2D eigenvalue weighted by Crippen LogP contribution is -2.05. The number of aliphatic hydroxyl groups excluding tert-OH is 1. The van der Waals surface area contributed by atoms with Gasteiger partial charge in [-0.25, -0.2) is 14.5 Å². The van der Waals surface area contributed by atoms with Gasteiger partial charge < -0.3 is 9.84 Å². The van der Waals surface area contributed by atoms with Crippen LogP contribution in [0.4, 0.5) is 0 Å². The van der Waals surface area contributed by atoms with Gasteiger partial charge in [0, 0.05) is 0 Å². The number of aromatic nitrogens is 4. The molecule has 94 valence electrons. The summed E-state index contributed by atoms with van der Waals surface area (Å²) in [6.07, 6.45) is 2.31. The van der Waals surface area contributed by atoms with Crippen LogP contribution in [0.3, 0.4) is 0 Å². The quantitative estimate of drug-likeness (QED) is 0.795. The molecule has 1 atom stereocenters. The van der Waals surface area contributed by atoms with Crippen molar-refractivity contribution in [2.24, 2.45) is 0 Å². The minimum atomic E-state index is -0.625. The average molecular weight is 248 g/mol. The van der Waals surface area contributed by atoms with Crippen LogP contribution in [0.1, 0.15) is 29.3 Å². The molecule has 2 aromatic heterocycles. The van der Waals surface area contributed by atoms with Gasteiger partial charge in [-0.1, -0.05) is 0 Å². The average Bonchev–Trinajstić information content (AvgIpc) is 2.87. The predicted molar refractivity (Wildman–Crippen MR) is 61.1 cm³/mol. The molecule has 7 nitrogen and oxygen atoms in total. The van der Waals surface area contributed by atoms with E-state index in [4.69, 9.17) is 0 Å². The molecule has 0 aliphatic heterocycles. The molecule has 0 aliphatic rings. The molecule has 2 rings (SSSR count). The number of methoxy groups -OCH3 is 1. The molecule has 0 aromatic carbocycles. The fourth-order valence-electron chi connectivity index (χ4n) is 1.35. The number of carbonyl (C=O) groups is 1. The van der Waals surface area contributed by atoms with Gasteiger partial charge in [0.2, 0.25) is 0 Å². The second kappa shape index (κ2) is 4.92. The van der Waals surface area contributed by atoms with Gasteiger partial charge in [-0.05, 0) is 19.1 Å². The summed E-state index contributed by atoms with van der Waals surface area (Å²) in [7, 11) is 1.27. The minimum absolute atomic E-state index is 0.0166. The molecule has 2 aromatic rings. The third-order valence-corrected chi connectivity index (χ3v) is 2.32. The van der Waals surface area contributed by atoms with Crippen molar-refractivity contribution < 1.29 is 14.6 Å². The summed E-state index contributed by atoms with van der Waals surface area (Å²) in [5, 5.41) is 13.3. The molecule has 0 unspecified atom stereocenters. The maximum Gasteiger partial charge on any atom is 0.377 e. The molecule has 0 fully saturated rings. The second-order valence-corrected chi connectivity index (χ2v) is 3.62. The van der Waals surface area contributed by atoms with E-state index >= 15 is 0 Å². The lowest BCUT2D eigenvalue weighted by Gasteiger charge is -2.04. The van der Waals surface area contributed by atoms with Crippen molar-refractivity contribution in [2.45, 2.75) is 13.0 Å². The first-order valence-electron chi connectivity index (χ1n) is 5.26. The normalized spacial score (nSPS) is 12.2. The van der Waals surface area contributed by atoms with E-state index in [1.165, 1.54) is 24.3 Å². The lowest BCUT2D eigenvalue weighted by atomic mass is 10.2. The van der Waals surface area contributed by atoms with Gasteiger partial charge in [0.05, 0.1) is 30.8 Å². The van der Waals surface area contributed by atoms with Gasteiger partial charge in [0.1, 0.15) is 6.33 Å². The fraction of sp³-hybridized carbons (Fsp3) is 0.273. The molecule has 18 heavy (non-hydrogen) atoms. The highest BCUT2D eigenvalue weighted by molar-refractivity contribution is 5.84. The Kier molecular flexibility index (Phi) is 3.33. The number of hydrogen-bond acceptors (Lipinski definition) is 6. The Morgan fingerprint density at radius 3 is 2.78 bits per heavy atom. The van der Waals surface area contributed by atoms with Gasteiger partial charge in [-0.3, -0.25) is 4.98 Å². The van der Waals surface area contributed by atoms with Gasteiger partial charge in [-0.2, -0.15) is 0 Å². The highest BCUT2D eigenvalue weighted by atomic mass is 16.5. The van der Waals surface area contributed by atoms with Crippen molar-refractivity contribution in [3.8, 4) is 5.69 Å². The third-order valence-electron chi connectivity index (χ3n) is 2.32. The molecule has 0 saturated carbocycles. The molecule has 1 N–H and O–H groups in total. The van der Waals surface area contributed by atoms with Crippen LogP contribution in [0.2, 0.25) is 0 Å². The first-order valence-corrected chi connectivity index (χ1v) is 5.26. The van der Waals surface area contributed by atoms with Gasteiger partial charge in [0.25, 0.3) is 5.82 Å². The summed E-state index contributed by atoms with van der Waals surface area (Å²) in [6, 6.07) is 3.41. The number of hydrogen-bond donors (Lipinski definition) is 1. The molecule has 0 amide bonds. The Labute approximate surface area is 103 Å². The number of aliphatic hydroxyl groups is 1. The molecule has 0 saturated heterocycles. The molecule has 0 spiro atoms. The van der Waals surface area contributed by atoms with Crippen LogP contribution >= 0.6 is 0 Å². The van der Waals surface area contributed by atoms with Crippen molar-refractivity contribution in [2.75, 3.05) is 7.11 Å². The topological polar surface area (TPSA) is 90.1 Å². The van der Waals surface area contributed by atoms with E-state index in [2.05, 4.69) is 19.8 Å². The van der Waals surface area contributed by atoms with E-state index in [9.17, 15) is 9.90 Å². The number of nitrogens with zero attached hydrogens (tertiary/aromatic N) is 4. The molecule has 0 radical (unpaired) electrons. The Bertz CT molecular complexity index is 548. The van der Waals surface area contributed by atoms with E-state index in [0.717, 1.165) is 0 Å². The Balaban J connectivity index is 2.26. The SMILES string of the molecule is COC(=O)c1ncn(-c2ccc([C@H](C)O)nc2)n1. The highest BCUT2D eigenvalue weighted by Crippen LogP contribution is 2.11. The van der Waals surface area contributed by atoms with Crippen LogP contribution < -0.4 is 0 Å². The molecular formula is C11H12N4O3. The Hall–Kier alpha value is -2.28. The van der Waals surface area contributed by atoms with Crippen LogP contribution in [0.25, 0.3) is 5.69 Å². The molecule has 2 heterocycles. The van der Waals surface area contributed by atoms with Gasteiger partial charge >= 0.3 is 5.97 Å². The monoisotopic (exact) mass is 248 g/mol. The first kappa shape index (κ1) is 12.2. The molecule has 7 heteroatoms. The molecule has 0 bridgehead atoms. The standard InChI is InChI=1S/C11H12N4O3/c1-7(16)9-4-3-8(5-12-9)15-6-13-10(14-15)11(17)18-2/h3-7,16H,1-2H3/t7-/m0/s1. The summed E-state index contributed by atoms with van der Waals surface area (Å²) >= 11 is 0. The van der Waals surface area contributed by atoms with Crippen molar-refractivity contribution in [3.05, 3.63) is 36.2 Å². The Morgan fingerprint density at radius 2 is 2.22 bits per heavy atom. The summed E-state index contributed by atoms with van der Waals surface area (Å²) in [5.74, 6) is -0.612. The first-order chi connectivity index (χ1) is 8.61. The highest BCUT2D eigenvalue weighted by Gasteiger charge is 2.12. The predicted octanol–water partition coefficient (Wildman–Crippen LogP) is 0.502. The minimum Gasteiger partial charge on any atom is -0.463 e. The maximum absolute atomic E-state index is 11.2. The zero-order valence-corrected chi connectivity index (χ0v) is 9.94. The lowest BCUT2D eigenvalue weighted by molar-refractivity contribution is 0.0587. The van der Waals surface area contributed by atoms with E-state index in [-0.39, 0.29) is 5.82 Å². The largest absolute Gasteiger partial charge is 0.463 e. The summed E-state index contributed by atoms with van der Waals surface area (Å²) in [4.78, 5) is 19.1. The number of ether oxygens (including phenoxy) is 1. The maximum atomic E-state index is 11.2. The second-order valence-electron chi connectivity index (χ2n) is 3.62. The summed E-state index contributed by atoms with van der Waals surface area (Å²) < 4.78 is 5.92. The van der Waals surface area contributed by atoms with Crippen molar-refractivity contribution in [3.63, 3.8) is 0 Å². The van der Waals surface area contributed by atoms with E-state index in [0.29, 0.717) is 11.4 Å².